The summed E-state index contributed by atoms with van der Waals surface area (Å²) < 4.78 is 5.75. The van der Waals surface area contributed by atoms with Crippen molar-refractivity contribution in [3.8, 4) is 5.75 Å². The van der Waals surface area contributed by atoms with E-state index < -0.39 is 0 Å². The van der Waals surface area contributed by atoms with Crippen molar-refractivity contribution < 1.29 is 9.53 Å². The molecule has 1 atom stereocenters. The van der Waals surface area contributed by atoms with Gasteiger partial charge in [0.05, 0.1) is 5.92 Å². The summed E-state index contributed by atoms with van der Waals surface area (Å²) in [5, 5.41) is 0. The SMILES string of the molecule is Cc1cc(C)c(OC(=O)[C@H]2CCCN(c3ncccn3)C2)c(C)c1. The zero-order chi connectivity index (χ0) is 17.1. The Bertz CT molecular complexity index is 708. The Morgan fingerprint density at radius 1 is 1.17 bits per heavy atom. The highest BCUT2D eigenvalue weighted by molar-refractivity contribution is 5.77. The van der Waals surface area contributed by atoms with Gasteiger partial charge in [-0.2, -0.15) is 0 Å². The number of rotatable bonds is 3. The van der Waals surface area contributed by atoms with Crippen LogP contribution in [0.5, 0.6) is 5.75 Å². The molecule has 5 nitrogen and oxygen atoms in total. The highest BCUT2D eigenvalue weighted by atomic mass is 16.5. The van der Waals surface area contributed by atoms with Crippen molar-refractivity contribution in [1.82, 2.24) is 9.97 Å². The molecule has 0 bridgehead atoms. The molecule has 5 heteroatoms. The Labute approximate surface area is 142 Å². The van der Waals surface area contributed by atoms with Gasteiger partial charge in [-0.15, -0.1) is 0 Å². The van der Waals surface area contributed by atoms with Crippen molar-refractivity contribution >= 4 is 11.9 Å². The number of carbonyl (C=O) groups excluding carboxylic acids is 1. The molecule has 126 valence electrons. The van der Waals surface area contributed by atoms with Gasteiger partial charge < -0.3 is 9.64 Å². The number of benzene rings is 1. The third kappa shape index (κ3) is 3.55. The molecule has 2 heterocycles. The van der Waals surface area contributed by atoms with Gasteiger partial charge in [0, 0.05) is 25.5 Å². The van der Waals surface area contributed by atoms with Crippen molar-refractivity contribution in [3.63, 3.8) is 0 Å². The second kappa shape index (κ2) is 6.99. The summed E-state index contributed by atoms with van der Waals surface area (Å²) in [6.45, 7) is 7.48. The first-order chi connectivity index (χ1) is 11.5. The molecule has 1 aliphatic rings. The second-order valence-electron chi connectivity index (χ2n) is 6.48. The monoisotopic (exact) mass is 325 g/mol. The van der Waals surface area contributed by atoms with Crippen LogP contribution in [0.1, 0.15) is 29.5 Å². The van der Waals surface area contributed by atoms with Gasteiger partial charge in [-0.1, -0.05) is 17.7 Å². The van der Waals surface area contributed by atoms with E-state index >= 15 is 0 Å². The number of esters is 1. The van der Waals surface area contributed by atoms with Crippen molar-refractivity contribution in [3.05, 3.63) is 47.3 Å². The van der Waals surface area contributed by atoms with E-state index in [4.69, 9.17) is 4.74 Å². The Balaban J connectivity index is 1.71. The van der Waals surface area contributed by atoms with Crippen LogP contribution in [0, 0.1) is 26.7 Å². The maximum absolute atomic E-state index is 12.6. The number of aryl methyl sites for hydroxylation is 3. The summed E-state index contributed by atoms with van der Waals surface area (Å²) in [5.41, 5.74) is 3.18. The number of anilines is 1. The largest absolute Gasteiger partial charge is 0.426 e. The highest BCUT2D eigenvalue weighted by Gasteiger charge is 2.29. The van der Waals surface area contributed by atoms with E-state index in [1.54, 1.807) is 18.5 Å². The van der Waals surface area contributed by atoms with Gasteiger partial charge in [0.25, 0.3) is 0 Å². The van der Waals surface area contributed by atoms with E-state index in [1.807, 2.05) is 32.9 Å². The predicted octanol–water partition coefficient (Wildman–Crippen LogP) is 3.22. The van der Waals surface area contributed by atoms with E-state index in [0.29, 0.717) is 18.2 Å². The fraction of sp³-hybridized carbons (Fsp3) is 0.421. The molecule has 2 aromatic rings. The lowest BCUT2D eigenvalue weighted by Crippen LogP contribution is -2.41. The molecule has 0 amide bonds. The second-order valence-corrected chi connectivity index (χ2v) is 6.48. The number of piperidine rings is 1. The van der Waals surface area contributed by atoms with Crippen LogP contribution in [0.4, 0.5) is 5.95 Å². The number of hydrogen-bond acceptors (Lipinski definition) is 5. The summed E-state index contributed by atoms with van der Waals surface area (Å²) in [6, 6.07) is 5.88. The molecule has 0 aliphatic carbocycles. The first kappa shape index (κ1) is 16.4. The van der Waals surface area contributed by atoms with Crippen LogP contribution in [-0.2, 0) is 4.79 Å². The molecule has 0 spiro atoms. The van der Waals surface area contributed by atoms with Gasteiger partial charge in [-0.3, -0.25) is 4.79 Å². The lowest BCUT2D eigenvalue weighted by atomic mass is 9.98. The van der Waals surface area contributed by atoms with Crippen LogP contribution < -0.4 is 9.64 Å². The summed E-state index contributed by atoms with van der Waals surface area (Å²) in [4.78, 5) is 23.3. The molecule has 1 aromatic heterocycles. The van der Waals surface area contributed by atoms with E-state index in [1.165, 1.54) is 5.56 Å². The van der Waals surface area contributed by atoms with Crippen LogP contribution >= 0.6 is 0 Å². The fourth-order valence-corrected chi connectivity index (χ4v) is 3.32. The quantitative estimate of drug-likeness (QED) is 0.640. The first-order valence-corrected chi connectivity index (χ1v) is 8.36. The number of nitrogens with zero attached hydrogens (tertiary/aromatic N) is 3. The van der Waals surface area contributed by atoms with Crippen molar-refractivity contribution in [1.29, 1.82) is 0 Å². The van der Waals surface area contributed by atoms with Gasteiger partial charge in [-0.25, -0.2) is 9.97 Å². The van der Waals surface area contributed by atoms with E-state index in [-0.39, 0.29) is 11.9 Å². The Morgan fingerprint density at radius 3 is 2.50 bits per heavy atom. The van der Waals surface area contributed by atoms with E-state index in [9.17, 15) is 4.79 Å². The Morgan fingerprint density at radius 2 is 1.83 bits per heavy atom. The minimum atomic E-state index is -0.161. The zero-order valence-electron chi connectivity index (χ0n) is 14.5. The number of hydrogen-bond donors (Lipinski definition) is 0. The zero-order valence-corrected chi connectivity index (χ0v) is 14.5. The predicted molar refractivity (Wildman–Crippen MR) is 93.3 cm³/mol. The van der Waals surface area contributed by atoms with Gasteiger partial charge >= 0.3 is 5.97 Å². The molecule has 1 aromatic carbocycles. The van der Waals surface area contributed by atoms with E-state index in [0.717, 1.165) is 30.5 Å². The highest BCUT2D eigenvalue weighted by Crippen LogP contribution is 2.27. The summed E-state index contributed by atoms with van der Waals surface area (Å²) in [7, 11) is 0. The van der Waals surface area contributed by atoms with Crippen molar-refractivity contribution in [2.45, 2.75) is 33.6 Å². The van der Waals surface area contributed by atoms with Crippen LogP contribution in [0.2, 0.25) is 0 Å². The molecule has 0 radical (unpaired) electrons. The number of carbonyl (C=O) groups is 1. The van der Waals surface area contributed by atoms with Crippen LogP contribution in [-0.4, -0.2) is 29.0 Å². The molecule has 1 saturated heterocycles. The molecule has 0 unspecified atom stereocenters. The Kier molecular flexibility index (Phi) is 4.79. The third-order valence-electron chi connectivity index (χ3n) is 4.40. The van der Waals surface area contributed by atoms with Crippen molar-refractivity contribution in [2.75, 3.05) is 18.0 Å². The first-order valence-electron chi connectivity index (χ1n) is 8.36. The average Bonchev–Trinajstić information content (AvgIpc) is 2.59. The molecular formula is C19H23N3O2. The maximum Gasteiger partial charge on any atom is 0.316 e. The van der Waals surface area contributed by atoms with Gasteiger partial charge in [-0.05, 0) is 50.8 Å². The molecular weight excluding hydrogens is 302 g/mol. The topological polar surface area (TPSA) is 55.3 Å². The van der Waals surface area contributed by atoms with Gasteiger partial charge in [0.15, 0.2) is 0 Å². The van der Waals surface area contributed by atoms with Gasteiger partial charge in [0.1, 0.15) is 5.75 Å². The number of aromatic nitrogens is 2. The van der Waals surface area contributed by atoms with Crippen molar-refractivity contribution in [2.24, 2.45) is 5.92 Å². The van der Waals surface area contributed by atoms with Gasteiger partial charge in [0.2, 0.25) is 5.95 Å². The lowest BCUT2D eigenvalue weighted by molar-refractivity contribution is -0.139. The minimum absolute atomic E-state index is 0.150. The standard InChI is InChI=1S/C19H23N3O2/c1-13-10-14(2)17(15(3)11-13)24-18(23)16-6-4-9-22(12-16)19-20-7-5-8-21-19/h5,7-8,10-11,16H,4,6,9,12H2,1-3H3/t16-/m0/s1. The number of ether oxygens (including phenoxy) is 1. The van der Waals surface area contributed by atoms with Crippen LogP contribution in [0.3, 0.4) is 0 Å². The summed E-state index contributed by atoms with van der Waals surface area (Å²) in [6.07, 6.45) is 5.22. The Hall–Kier alpha value is -2.43. The molecule has 1 aliphatic heterocycles. The molecule has 0 N–H and O–H groups in total. The summed E-state index contributed by atoms with van der Waals surface area (Å²) in [5.74, 6) is 1.06. The molecule has 24 heavy (non-hydrogen) atoms. The molecule has 0 saturated carbocycles. The van der Waals surface area contributed by atoms with Crippen LogP contribution in [0.25, 0.3) is 0 Å². The minimum Gasteiger partial charge on any atom is -0.426 e. The summed E-state index contributed by atoms with van der Waals surface area (Å²) >= 11 is 0. The smallest absolute Gasteiger partial charge is 0.316 e. The van der Waals surface area contributed by atoms with Crippen LogP contribution in [0.15, 0.2) is 30.6 Å². The molecule has 3 rings (SSSR count). The normalized spacial score (nSPS) is 17.6. The molecule has 1 fully saturated rings. The third-order valence-corrected chi connectivity index (χ3v) is 4.40. The fourth-order valence-electron chi connectivity index (χ4n) is 3.32. The maximum atomic E-state index is 12.6. The average molecular weight is 325 g/mol. The lowest BCUT2D eigenvalue weighted by Gasteiger charge is -2.31. The van der Waals surface area contributed by atoms with E-state index in [2.05, 4.69) is 14.9 Å².